The first kappa shape index (κ1) is 25.7. The van der Waals surface area contributed by atoms with Crippen LogP contribution in [0.5, 0.6) is 11.5 Å². The molecule has 2 aromatic rings. The molecule has 0 amide bonds. The van der Waals surface area contributed by atoms with Gasteiger partial charge in [-0.3, -0.25) is 0 Å². The predicted octanol–water partition coefficient (Wildman–Crippen LogP) is 5.92. The number of ether oxygens (including phenoxy) is 4. The lowest BCUT2D eigenvalue weighted by Crippen LogP contribution is -2.21. The number of hydrogen-bond donors (Lipinski definition) is 0. The van der Waals surface area contributed by atoms with Gasteiger partial charge in [0.25, 0.3) is 0 Å². The summed E-state index contributed by atoms with van der Waals surface area (Å²) in [6, 6.07) is 15.4. The molecule has 2 rings (SSSR count). The summed E-state index contributed by atoms with van der Waals surface area (Å²) in [5.41, 5.74) is 2.73. The van der Waals surface area contributed by atoms with Gasteiger partial charge in [-0.25, -0.2) is 9.59 Å². The summed E-state index contributed by atoms with van der Waals surface area (Å²) in [7, 11) is 0. The number of esters is 2. The van der Waals surface area contributed by atoms with Crippen LogP contribution in [0.15, 0.2) is 72.8 Å². The summed E-state index contributed by atoms with van der Waals surface area (Å²) >= 11 is 0. The van der Waals surface area contributed by atoms with Gasteiger partial charge in [-0.05, 0) is 55.7 Å². The Labute approximate surface area is 195 Å². The van der Waals surface area contributed by atoms with E-state index in [-0.39, 0.29) is 5.92 Å². The van der Waals surface area contributed by atoms with Gasteiger partial charge in [0.15, 0.2) is 0 Å². The molecule has 33 heavy (non-hydrogen) atoms. The largest absolute Gasteiger partial charge is 0.455 e. The summed E-state index contributed by atoms with van der Waals surface area (Å²) in [6.07, 6.45) is -0.651. The lowest BCUT2D eigenvalue weighted by molar-refractivity contribution is -0.157. The van der Waals surface area contributed by atoms with Crippen LogP contribution in [0.3, 0.4) is 0 Å². The first-order chi connectivity index (χ1) is 15.6. The summed E-state index contributed by atoms with van der Waals surface area (Å²) in [5.74, 6) is 0.287. The summed E-state index contributed by atoms with van der Waals surface area (Å²) in [5, 5.41) is 0. The molecule has 0 radical (unpaired) electrons. The van der Waals surface area contributed by atoms with E-state index in [0.29, 0.717) is 22.6 Å². The van der Waals surface area contributed by atoms with Crippen LogP contribution in [0.4, 0.5) is 0 Å². The Morgan fingerprint density at radius 2 is 1.18 bits per heavy atom. The van der Waals surface area contributed by atoms with Gasteiger partial charge in [-0.1, -0.05) is 44.3 Å². The quantitative estimate of drug-likeness (QED) is 0.240. The maximum absolute atomic E-state index is 11.7. The van der Waals surface area contributed by atoms with Crippen LogP contribution in [0.25, 0.3) is 0 Å². The van der Waals surface area contributed by atoms with Gasteiger partial charge in [0, 0.05) is 30.9 Å². The Kier molecular flexibility index (Phi) is 9.28. The zero-order chi connectivity index (χ0) is 24.5. The van der Waals surface area contributed by atoms with Gasteiger partial charge >= 0.3 is 11.9 Å². The van der Waals surface area contributed by atoms with Gasteiger partial charge in [-0.15, -0.1) is 0 Å². The smallest absolute Gasteiger partial charge is 0.336 e. The molecule has 0 aliphatic rings. The molecule has 6 nitrogen and oxygen atoms in total. The first-order valence-electron chi connectivity index (χ1n) is 10.9. The van der Waals surface area contributed by atoms with Crippen LogP contribution in [-0.4, -0.2) is 24.5 Å². The number of benzene rings is 2. The van der Waals surface area contributed by atoms with Crippen LogP contribution in [0.2, 0.25) is 0 Å². The fourth-order valence-electron chi connectivity index (χ4n) is 3.21. The molecule has 0 fully saturated rings. The van der Waals surface area contributed by atoms with Crippen molar-refractivity contribution in [1.29, 1.82) is 0 Å². The SMILES string of the molecule is C=C(C)C(=O)OC(C)Oc1cccc(C(CC)c2cccc(OC(C)OC(=O)C(=C)C)c2)c1. The fourth-order valence-corrected chi connectivity index (χ4v) is 3.21. The molecule has 2 unspecified atom stereocenters. The molecule has 2 aromatic carbocycles. The van der Waals surface area contributed by atoms with E-state index in [0.717, 1.165) is 17.5 Å². The van der Waals surface area contributed by atoms with Crippen molar-refractivity contribution in [1.82, 2.24) is 0 Å². The Morgan fingerprint density at radius 1 is 0.788 bits per heavy atom. The summed E-state index contributed by atoms with van der Waals surface area (Å²) in [6.45, 7) is 15.7. The highest BCUT2D eigenvalue weighted by atomic mass is 16.7. The lowest BCUT2D eigenvalue weighted by atomic mass is 9.89. The number of rotatable bonds is 11. The van der Waals surface area contributed by atoms with Crippen LogP contribution >= 0.6 is 0 Å². The second-order valence-corrected chi connectivity index (χ2v) is 7.85. The molecule has 2 atom stereocenters. The molecule has 0 heterocycles. The standard InChI is InChI=1S/C27H32O6/c1-8-25(21-11-9-13-23(15-21)30-19(6)32-26(28)17(2)3)22-12-10-14-24(16-22)31-20(7)33-27(29)18(4)5/h9-16,19-20,25H,2,4,8H2,1,3,5-7H3. The Morgan fingerprint density at radius 3 is 1.52 bits per heavy atom. The first-order valence-corrected chi connectivity index (χ1v) is 10.9. The van der Waals surface area contributed by atoms with E-state index in [1.165, 1.54) is 0 Å². The van der Waals surface area contributed by atoms with E-state index >= 15 is 0 Å². The normalized spacial score (nSPS) is 13.2. The zero-order valence-electron chi connectivity index (χ0n) is 19.9. The second-order valence-electron chi connectivity index (χ2n) is 7.85. The molecular formula is C27H32O6. The van der Waals surface area contributed by atoms with Crippen molar-refractivity contribution in [2.45, 2.75) is 59.5 Å². The monoisotopic (exact) mass is 452 g/mol. The Bertz CT molecular complexity index is 930. The van der Waals surface area contributed by atoms with Crippen molar-refractivity contribution in [3.05, 3.63) is 84.0 Å². The second kappa shape index (κ2) is 11.9. The van der Waals surface area contributed by atoms with Crippen LogP contribution < -0.4 is 9.47 Å². The van der Waals surface area contributed by atoms with Gasteiger partial charge in [0.2, 0.25) is 12.6 Å². The Balaban J connectivity index is 2.15. The average molecular weight is 453 g/mol. The number of carbonyl (C=O) groups excluding carboxylic acids is 2. The molecule has 6 heteroatoms. The topological polar surface area (TPSA) is 71.1 Å². The Hall–Kier alpha value is -3.54. The van der Waals surface area contributed by atoms with Gasteiger partial charge < -0.3 is 18.9 Å². The molecule has 0 aromatic heterocycles. The van der Waals surface area contributed by atoms with E-state index in [1.54, 1.807) is 27.7 Å². The van der Waals surface area contributed by atoms with E-state index < -0.39 is 24.5 Å². The molecular weight excluding hydrogens is 420 g/mol. The highest BCUT2D eigenvalue weighted by Crippen LogP contribution is 2.32. The highest BCUT2D eigenvalue weighted by molar-refractivity contribution is 5.87. The van der Waals surface area contributed by atoms with E-state index in [1.807, 2.05) is 48.5 Å². The molecule has 0 aliphatic heterocycles. The zero-order valence-corrected chi connectivity index (χ0v) is 19.9. The molecule has 0 bridgehead atoms. The van der Waals surface area contributed by atoms with Crippen LogP contribution in [0.1, 0.15) is 58.1 Å². The molecule has 0 spiro atoms. The van der Waals surface area contributed by atoms with Crippen LogP contribution in [-0.2, 0) is 19.1 Å². The van der Waals surface area contributed by atoms with Crippen molar-refractivity contribution in [2.24, 2.45) is 0 Å². The van der Waals surface area contributed by atoms with Crippen molar-refractivity contribution < 1.29 is 28.5 Å². The van der Waals surface area contributed by atoms with Crippen molar-refractivity contribution in [3.63, 3.8) is 0 Å². The van der Waals surface area contributed by atoms with Crippen molar-refractivity contribution in [3.8, 4) is 11.5 Å². The minimum absolute atomic E-state index is 0.0821. The van der Waals surface area contributed by atoms with Crippen molar-refractivity contribution >= 4 is 11.9 Å². The fraction of sp³-hybridized carbons (Fsp3) is 0.333. The minimum atomic E-state index is -0.746. The van der Waals surface area contributed by atoms with Gasteiger partial charge in [0.1, 0.15) is 11.5 Å². The van der Waals surface area contributed by atoms with Gasteiger partial charge in [-0.2, -0.15) is 0 Å². The highest BCUT2D eigenvalue weighted by Gasteiger charge is 2.17. The number of hydrogen-bond acceptors (Lipinski definition) is 6. The minimum Gasteiger partial charge on any atom is -0.455 e. The third-order valence-electron chi connectivity index (χ3n) is 4.78. The average Bonchev–Trinajstić information content (AvgIpc) is 2.74. The van der Waals surface area contributed by atoms with E-state index in [4.69, 9.17) is 18.9 Å². The lowest BCUT2D eigenvalue weighted by Gasteiger charge is -2.20. The summed E-state index contributed by atoms with van der Waals surface area (Å²) in [4.78, 5) is 23.4. The third-order valence-corrected chi connectivity index (χ3v) is 4.78. The molecule has 0 saturated carbocycles. The maximum Gasteiger partial charge on any atom is 0.336 e. The van der Waals surface area contributed by atoms with Crippen molar-refractivity contribution in [2.75, 3.05) is 0 Å². The number of carbonyl (C=O) groups is 2. The predicted molar refractivity (Wildman–Crippen MR) is 127 cm³/mol. The van der Waals surface area contributed by atoms with E-state index in [2.05, 4.69) is 20.1 Å². The summed E-state index contributed by atoms with van der Waals surface area (Å²) < 4.78 is 22.0. The molecule has 0 aliphatic carbocycles. The maximum atomic E-state index is 11.7. The third kappa shape index (κ3) is 7.83. The molecule has 176 valence electrons. The van der Waals surface area contributed by atoms with Gasteiger partial charge in [0.05, 0.1) is 0 Å². The van der Waals surface area contributed by atoms with E-state index in [9.17, 15) is 9.59 Å². The van der Waals surface area contributed by atoms with Crippen LogP contribution in [0, 0.1) is 0 Å². The molecule has 0 saturated heterocycles. The molecule has 0 N–H and O–H groups in total.